The summed E-state index contributed by atoms with van der Waals surface area (Å²) in [5.74, 6) is 4.40. The van der Waals surface area contributed by atoms with Crippen molar-refractivity contribution in [1.29, 1.82) is 0 Å². The molecule has 0 radical (unpaired) electrons. The predicted octanol–water partition coefficient (Wildman–Crippen LogP) is -0.687. The van der Waals surface area contributed by atoms with Crippen molar-refractivity contribution in [2.24, 2.45) is 5.90 Å². The van der Waals surface area contributed by atoms with Gasteiger partial charge in [-0.1, -0.05) is 12.1 Å². The molecular formula is C15H19N6O8S2+. The number of aliphatic hydroxyl groups excluding tert-OH is 1. The van der Waals surface area contributed by atoms with Crippen LogP contribution in [0.5, 0.6) is 11.8 Å². The molecule has 14 nitrogen and oxygen atoms in total. The van der Waals surface area contributed by atoms with Gasteiger partial charge in [0.05, 0.1) is 30.9 Å². The smallest absolute Gasteiger partial charge is 0.481 e. The Hall–Kier alpha value is -3.05. The van der Waals surface area contributed by atoms with Gasteiger partial charge in [0.1, 0.15) is 4.17 Å². The fourth-order valence-corrected chi connectivity index (χ4v) is 3.56. The lowest BCUT2D eigenvalue weighted by Crippen LogP contribution is -2.28. The molecule has 0 aliphatic heterocycles. The normalized spacial score (nSPS) is 12.1. The van der Waals surface area contributed by atoms with E-state index in [0.717, 1.165) is 6.26 Å². The summed E-state index contributed by atoms with van der Waals surface area (Å²) in [6, 6.07) is 3.89. The molecule has 0 aliphatic carbocycles. The molecule has 1 heterocycles. The summed E-state index contributed by atoms with van der Waals surface area (Å²) in [5, 5.41) is 11.5. The number of aromatic nitrogens is 2. The van der Waals surface area contributed by atoms with Gasteiger partial charge in [-0.15, -0.1) is 0 Å². The van der Waals surface area contributed by atoms with Crippen molar-refractivity contribution in [3.8, 4) is 11.8 Å². The number of hydrogen-bond acceptors (Lipinski definition) is 11. The summed E-state index contributed by atoms with van der Waals surface area (Å²) in [7, 11) is -4.83. The summed E-state index contributed by atoms with van der Waals surface area (Å²) in [6.45, 7) is -0.730. The molecule has 31 heavy (non-hydrogen) atoms. The second-order valence-electron chi connectivity index (χ2n) is 5.82. The van der Waals surface area contributed by atoms with E-state index in [1.807, 2.05) is 5.32 Å². The van der Waals surface area contributed by atoms with Crippen molar-refractivity contribution in [2.75, 3.05) is 18.7 Å². The van der Waals surface area contributed by atoms with Crippen molar-refractivity contribution in [1.82, 2.24) is 14.7 Å². The Kier molecular flexibility index (Phi) is 8.06. The summed E-state index contributed by atoms with van der Waals surface area (Å²) in [6.07, 6.45) is 0.958. The summed E-state index contributed by atoms with van der Waals surface area (Å²) < 4.78 is 41.9. The lowest BCUT2D eigenvalue weighted by Gasteiger charge is -2.08. The van der Waals surface area contributed by atoms with Crippen LogP contribution in [0.25, 0.3) is 0 Å². The number of urea groups is 1. The van der Waals surface area contributed by atoms with Crippen LogP contribution in [0.3, 0.4) is 0 Å². The minimum absolute atomic E-state index is 0.0297. The number of hydrogen-bond donors (Lipinski definition) is 4. The number of ether oxygens (including phenoxy) is 1. The van der Waals surface area contributed by atoms with Crippen LogP contribution in [-0.2, 0) is 34.2 Å². The van der Waals surface area contributed by atoms with E-state index in [4.69, 9.17) is 10.6 Å². The molecule has 1 aromatic heterocycles. The number of aliphatic hydroxyl groups is 1. The second kappa shape index (κ2) is 10.3. The Balaban J connectivity index is 2.25. The first-order chi connectivity index (χ1) is 14.6. The summed E-state index contributed by atoms with van der Waals surface area (Å²) in [5.41, 5.74) is 0.451. The number of nitrogens with two attached hydrogens (primary N) is 1. The number of benzene rings is 1. The fraction of sp³-hybridized carbons (Fsp3) is 0.267. The number of nitroso groups, excluding NO2 is 1. The maximum atomic E-state index is 12.7. The third-order valence-corrected chi connectivity index (χ3v) is 5.46. The molecule has 2 aromatic rings. The van der Waals surface area contributed by atoms with E-state index in [-0.39, 0.29) is 28.8 Å². The number of nitrogens with zero attached hydrogens (tertiary/aromatic N) is 3. The Morgan fingerprint density at radius 1 is 1.29 bits per heavy atom. The fourth-order valence-electron chi connectivity index (χ4n) is 2.15. The topological polar surface area (TPSA) is 203 Å². The van der Waals surface area contributed by atoms with Gasteiger partial charge in [0.15, 0.2) is 0 Å². The number of sulfonamides is 1. The molecule has 5 N–H and O–H groups in total. The number of anilines is 1. The number of carbonyl (C=O) groups excluding carboxylic acids is 1. The standard InChI is InChI=1S/C15H18N6O8S2/c1-28-12-6-13(29-16)19-14(18-12)20-15(23)21(24)30(25)11-5-9(3-4-10(11)8-22)7-17-31(2,26)27/h3-6,17,22H,7-8,16H2,1-2H3/p+1. The van der Waals surface area contributed by atoms with Gasteiger partial charge in [-0.3, -0.25) is 0 Å². The predicted molar refractivity (Wildman–Crippen MR) is 107 cm³/mol. The highest BCUT2D eigenvalue weighted by Gasteiger charge is 2.32. The van der Waals surface area contributed by atoms with E-state index in [1.165, 1.54) is 31.4 Å². The Bertz CT molecular complexity index is 1100. The first-order valence-corrected chi connectivity index (χ1v) is 11.2. The van der Waals surface area contributed by atoms with Crippen molar-refractivity contribution >= 4 is 33.0 Å². The zero-order chi connectivity index (χ0) is 23.2. The van der Waals surface area contributed by atoms with Gasteiger partial charge >= 0.3 is 12.0 Å². The molecule has 2 rings (SSSR count). The van der Waals surface area contributed by atoms with Crippen LogP contribution in [0.4, 0.5) is 10.7 Å². The zero-order valence-corrected chi connectivity index (χ0v) is 17.9. The molecule has 0 aliphatic rings. The molecule has 168 valence electrons. The molecule has 2 amide bonds. The van der Waals surface area contributed by atoms with E-state index >= 15 is 0 Å². The average Bonchev–Trinajstić information content (AvgIpc) is 2.75. The maximum absolute atomic E-state index is 12.7. The van der Waals surface area contributed by atoms with Gasteiger partial charge in [-0.25, -0.2) is 17.3 Å². The van der Waals surface area contributed by atoms with E-state index in [2.05, 4.69) is 19.5 Å². The van der Waals surface area contributed by atoms with E-state index in [9.17, 15) is 27.4 Å². The Labute approximate surface area is 179 Å². The van der Waals surface area contributed by atoms with Crippen LogP contribution in [-0.4, -0.2) is 51.3 Å². The average molecular weight is 475 g/mol. The quantitative estimate of drug-likeness (QED) is 0.264. The molecule has 0 spiro atoms. The highest BCUT2D eigenvalue weighted by molar-refractivity contribution is 7.88. The maximum Gasteiger partial charge on any atom is 0.552 e. The highest BCUT2D eigenvalue weighted by Crippen LogP contribution is 2.19. The van der Waals surface area contributed by atoms with Crippen molar-refractivity contribution < 1.29 is 36.3 Å². The van der Waals surface area contributed by atoms with E-state index < -0.39 is 43.8 Å². The van der Waals surface area contributed by atoms with Crippen molar-refractivity contribution in [3.05, 3.63) is 40.3 Å². The summed E-state index contributed by atoms with van der Waals surface area (Å²) >= 11 is 0. The first kappa shape index (κ1) is 24.2. The number of nitrogens with one attached hydrogen (secondary N) is 2. The van der Waals surface area contributed by atoms with Crippen LogP contribution in [0.15, 0.2) is 29.2 Å². The minimum Gasteiger partial charge on any atom is -0.481 e. The van der Waals surface area contributed by atoms with Crippen LogP contribution in [0.2, 0.25) is 0 Å². The van der Waals surface area contributed by atoms with Gasteiger partial charge in [0.25, 0.3) is 11.0 Å². The van der Waals surface area contributed by atoms with E-state index in [0.29, 0.717) is 5.56 Å². The third-order valence-electron chi connectivity index (χ3n) is 3.57. The van der Waals surface area contributed by atoms with E-state index in [1.54, 1.807) is 0 Å². The third kappa shape index (κ3) is 6.72. The Morgan fingerprint density at radius 3 is 2.55 bits per heavy atom. The monoisotopic (exact) mass is 475 g/mol. The molecule has 1 atom stereocenters. The largest absolute Gasteiger partial charge is 0.552 e. The lowest BCUT2D eigenvalue weighted by atomic mass is 10.1. The van der Waals surface area contributed by atoms with Crippen LogP contribution >= 0.6 is 0 Å². The molecule has 16 heteroatoms. The molecule has 0 bridgehead atoms. The molecular weight excluding hydrogens is 456 g/mol. The molecule has 1 unspecified atom stereocenters. The van der Waals surface area contributed by atoms with Crippen LogP contribution in [0.1, 0.15) is 11.1 Å². The van der Waals surface area contributed by atoms with Gasteiger partial charge in [-0.2, -0.15) is 26.0 Å². The second-order valence-corrected chi connectivity index (χ2v) is 8.92. The zero-order valence-electron chi connectivity index (χ0n) is 16.3. The van der Waals surface area contributed by atoms with Crippen molar-refractivity contribution in [2.45, 2.75) is 18.0 Å². The Morgan fingerprint density at radius 2 is 1.97 bits per heavy atom. The minimum atomic E-state index is -3.50. The van der Waals surface area contributed by atoms with Crippen LogP contribution < -0.4 is 25.5 Å². The van der Waals surface area contributed by atoms with Gasteiger partial charge < -0.3 is 14.7 Å². The highest BCUT2D eigenvalue weighted by atomic mass is 32.2. The molecule has 0 saturated carbocycles. The summed E-state index contributed by atoms with van der Waals surface area (Å²) in [4.78, 5) is 36.3. The van der Waals surface area contributed by atoms with Crippen LogP contribution in [0, 0.1) is 4.91 Å². The van der Waals surface area contributed by atoms with Gasteiger partial charge in [0.2, 0.25) is 21.8 Å². The number of methoxy groups -OCH3 is 1. The molecule has 1 aromatic carbocycles. The van der Waals surface area contributed by atoms with Gasteiger partial charge in [-0.05, 0) is 22.1 Å². The number of rotatable bonds is 9. The molecule has 0 saturated heterocycles. The van der Waals surface area contributed by atoms with Gasteiger partial charge in [0, 0.05) is 6.54 Å². The lowest BCUT2D eigenvalue weighted by molar-refractivity contribution is -0.264. The first-order valence-electron chi connectivity index (χ1n) is 8.25. The SMILES string of the molecule is COc1cc(ON)nc(NC(=O)[N+](=O)S(=O)c2cc(CNS(C)(=O)=O)ccc2CO)n1. The number of carbonyl (C=O) groups is 1. The van der Waals surface area contributed by atoms with Crippen molar-refractivity contribution in [3.63, 3.8) is 0 Å². The number of amides is 2. The molecule has 0 fully saturated rings.